The molecule has 0 aliphatic heterocycles. The predicted molar refractivity (Wildman–Crippen MR) is 135 cm³/mol. The van der Waals surface area contributed by atoms with Crippen molar-refractivity contribution >= 4 is 0 Å². The molecular formula is C30H34O3. The number of methoxy groups -OCH3 is 1. The second kappa shape index (κ2) is 9.35. The molecule has 0 spiro atoms. The first-order valence-corrected chi connectivity index (χ1v) is 11.6. The van der Waals surface area contributed by atoms with Gasteiger partial charge in [0, 0.05) is 6.42 Å². The third kappa shape index (κ3) is 5.24. The maximum Gasteiger partial charge on any atom is 0.120 e. The van der Waals surface area contributed by atoms with Crippen molar-refractivity contribution in [1.82, 2.24) is 0 Å². The molecule has 0 radical (unpaired) electrons. The van der Waals surface area contributed by atoms with Crippen LogP contribution < -0.4 is 9.47 Å². The van der Waals surface area contributed by atoms with Crippen LogP contribution in [0.1, 0.15) is 61.8 Å². The van der Waals surface area contributed by atoms with E-state index >= 15 is 0 Å². The normalized spacial score (nSPS) is 15.2. The van der Waals surface area contributed by atoms with Crippen LogP contribution in [0.5, 0.6) is 11.5 Å². The van der Waals surface area contributed by atoms with E-state index in [9.17, 15) is 5.11 Å². The van der Waals surface area contributed by atoms with Gasteiger partial charge in [-0.3, -0.25) is 0 Å². The van der Waals surface area contributed by atoms with Crippen molar-refractivity contribution in [2.75, 3.05) is 7.11 Å². The molecule has 0 aromatic heterocycles. The topological polar surface area (TPSA) is 38.7 Å². The average molecular weight is 443 g/mol. The lowest BCUT2D eigenvalue weighted by atomic mass is 9.81. The molecule has 3 nitrogen and oxygen atoms in total. The van der Waals surface area contributed by atoms with E-state index in [1.54, 1.807) is 7.11 Å². The van der Waals surface area contributed by atoms with E-state index < -0.39 is 0 Å². The zero-order valence-electron chi connectivity index (χ0n) is 20.2. The first kappa shape index (κ1) is 23.0. The number of fused-ring (bicyclic) bond motifs is 1. The van der Waals surface area contributed by atoms with Crippen LogP contribution in [0.4, 0.5) is 0 Å². The summed E-state index contributed by atoms with van der Waals surface area (Å²) >= 11 is 0. The Bertz CT molecular complexity index is 1150. The van der Waals surface area contributed by atoms with Gasteiger partial charge in [0.05, 0.1) is 12.9 Å². The van der Waals surface area contributed by atoms with E-state index in [2.05, 4.69) is 75.9 Å². The Morgan fingerprint density at radius 3 is 2.58 bits per heavy atom. The lowest BCUT2D eigenvalue weighted by Crippen LogP contribution is -2.14. The largest absolute Gasteiger partial charge is 0.513 e. The van der Waals surface area contributed by atoms with Gasteiger partial charge < -0.3 is 14.6 Å². The van der Waals surface area contributed by atoms with Gasteiger partial charge in [-0.2, -0.15) is 0 Å². The molecule has 1 aliphatic rings. The van der Waals surface area contributed by atoms with Gasteiger partial charge in [0.2, 0.25) is 0 Å². The Kier molecular flexibility index (Phi) is 6.51. The van der Waals surface area contributed by atoms with Gasteiger partial charge in [0.1, 0.15) is 18.1 Å². The van der Waals surface area contributed by atoms with Gasteiger partial charge in [0.15, 0.2) is 0 Å². The fourth-order valence-electron chi connectivity index (χ4n) is 4.76. The van der Waals surface area contributed by atoms with E-state index in [-0.39, 0.29) is 11.2 Å². The standard InChI is InChI=1S/C30H34O3/c1-20(31)15-24-11-10-22-12-13-26(18-28(22)24)33-19-21-9-14-27(29(16-21)30(2,3)4)23-7-6-8-25(17-23)32-5/h6-9,12-14,16-18,24,31H,1,10-11,15,19H2,2-5H3/t24-/m0/s1. The number of ether oxygens (including phenoxy) is 2. The Labute approximate surface area is 197 Å². The van der Waals surface area contributed by atoms with Gasteiger partial charge in [0.25, 0.3) is 0 Å². The van der Waals surface area contributed by atoms with Crippen molar-refractivity contribution in [2.24, 2.45) is 0 Å². The van der Waals surface area contributed by atoms with Crippen LogP contribution in [0.3, 0.4) is 0 Å². The number of benzene rings is 3. The summed E-state index contributed by atoms with van der Waals surface area (Å²) in [5, 5.41) is 9.65. The highest BCUT2D eigenvalue weighted by Crippen LogP contribution is 2.39. The summed E-state index contributed by atoms with van der Waals surface area (Å²) in [7, 11) is 1.70. The SMILES string of the molecule is C=C(O)C[C@@H]1CCc2ccc(OCc3ccc(-c4cccc(OC)c4)c(C(C)(C)C)c3)cc21. The van der Waals surface area contributed by atoms with E-state index in [1.165, 1.54) is 22.3 Å². The summed E-state index contributed by atoms with van der Waals surface area (Å²) in [6.45, 7) is 10.9. The number of aliphatic hydroxyl groups is 1. The minimum atomic E-state index is -0.0120. The first-order chi connectivity index (χ1) is 15.7. The zero-order valence-corrected chi connectivity index (χ0v) is 20.2. The van der Waals surface area contributed by atoms with Gasteiger partial charge in [-0.1, -0.05) is 63.7 Å². The van der Waals surface area contributed by atoms with E-state index in [0.717, 1.165) is 35.5 Å². The second-order valence-electron chi connectivity index (χ2n) is 10.0. The smallest absolute Gasteiger partial charge is 0.120 e. The van der Waals surface area contributed by atoms with Crippen LogP contribution in [0.2, 0.25) is 0 Å². The Balaban J connectivity index is 1.57. The molecule has 33 heavy (non-hydrogen) atoms. The maximum absolute atomic E-state index is 9.65. The molecule has 172 valence electrons. The summed E-state index contributed by atoms with van der Waals surface area (Å²) in [5.74, 6) is 2.32. The van der Waals surface area contributed by atoms with Crippen molar-refractivity contribution in [2.45, 2.75) is 58.0 Å². The molecule has 0 bridgehead atoms. The number of hydrogen-bond acceptors (Lipinski definition) is 3. The van der Waals surface area contributed by atoms with Crippen molar-refractivity contribution in [3.05, 3.63) is 95.3 Å². The number of hydrogen-bond donors (Lipinski definition) is 1. The highest BCUT2D eigenvalue weighted by atomic mass is 16.5. The average Bonchev–Trinajstić information content (AvgIpc) is 3.18. The number of aliphatic hydroxyl groups excluding tert-OH is 1. The highest BCUT2D eigenvalue weighted by Gasteiger charge is 2.24. The molecule has 1 N–H and O–H groups in total. The minimum absolute atomic E-state index is 0.0120. The van der Waals surface area contributed by atoms with Crippen molar-refractivity contribution in [3.8, 4) is 22.6 Å². The molecule has 3 aromatic carbocycles. The third-order valence-electron chi connectivity index (χ3n) is 6.48. The Hall–Kier alpha value is -3.20. The van der Waals surface area contributed by atoms with E-state index in [4.69, 9.17) is 9.47 Å². The fourth-order valence-corrected chi connectivity index (χ4v) is 4.76. The van der Waals surface area contributed by atoms with Gasteiger partial charge in [-0.15, -0.1) is 0 Å². The molecule has 1 aliphatic carbocycles. The number of aryl methyl sites for hydroxylation is 1. The third-order valence-corrected chi connectivity index (χ3v) is 6.48. The number of rotatable bonds is 7. The van der Waals surface area contributed by atoms with Crippen LogP contribution in [-0.2, 0) is 18.4 Å². The maximum atomic E-state index is 9.65. The summed E-state index contributed by atoms with van der Waals surface area (Å²) in [4.78, 5) is 0. The molecule has 0 unspecified atom stereocenters. The van der Waals surface area contributed by atoms with Crippen LogP contribution in [-0.4, -0.2) is 12.2 Å². The molecule has 0 heterocycles. The quantitative estimate of drug-likeness (QED) is 0.381. The lowest BCUT2D eigenvalue weighted by molar-refractivity contribution is 0.305. The lowest BCUT2D eigenvalue weighted by Gasteiger charge is -2.24. The molecule has 3 heteroatoms. The predicted octanol–water partition coefficient (Wildman–Crippen LogP) is 7.73. The minimum Gasteiger partial charge on any atom is -0.513 e. The summed E-state index contributed by atoms with van der Waals surface area (Å²) in [5.41, 5.74) is 7.43. The molecular weight excluding hydrogens is 408 g/mol. The van der Waals surface area contributed by atoms with E-state index in [1.807, 2.05) is 12.1 Å². The van der Waals surface area contributed by atoms with Crippen LogP contribution in [0.25, 0.3) is 11.1 Å². The van der Waals surface area contributed by atoms with Crippen LogP contribution >= 0.6 is 0 Å². The molecule has 4 rings (SSSR count). The zero-order chi connectivity index (χ0) is 23.6. The van der Waals surface area contributed by atoms with Gasteiger partial charge >= 0.3 is 0 Å². The van der Waals surface area contributed by atoms with Crippen molar-refractivity contribution < 1.29 is 14.6 Å². The summed E-state index contributed by atoms with van der Waals surface area (Å²) in [6, 6.07) is 21.2. The Morgan fingerprint density at radius 2 is 1.85 bits per heavy atom. The monoisotopic (exact) mass is 442 g/mol. The van der Waals surface area contributed by atoms with Gasteiger partial charge in [-0.05, 0) is 81.8 Å². The number of allylic oxidation sites excluding steroid dienone is 1. The first-order valence-electron chi connectivity index (χ1n) is 11.6. The van der Waals surface area contributed by atoms with Crippen molar-refractivity contribution in [3.63, 3.8) is 0 Å². The van der Waals surface area contributed by atoms with Crippen LogP contribution in [0.15, 0.2) is 73.0 Å². The summed E-state index contributed by atoms with van der Waals surface area (Å²) in [6.07, 6.45) is 2.73. The van der Waals surface area contributed by atoms with Crippen molar-refractivity contribution in [1.29, 1.82) is 0 Å². The second-order valence-corrected chi connectivity index (χ2v) is 10.0. The molecule has 0 fully saturated rings. The van der Waals surface area contributed by atoms with Gasteiger partial charge in [-0.25, -0.2) is 0 Å². The molecule has 3 aromatic rings. The fraction of sp³-hybridized carbons (Fsp3) is 0.333. The van der Waals surface area contributed by atoms with Crippen LogP contribution in [0, 0.1) is 0 Å². The summed E-state index contributed by atoms with van der Waals surface area (Å²) < 4.78 is 11.7. The molecule has 0 saturated heterocycles. The molecule has 0 saturated carbocycles. The highest BCUT2D eigenvalue weighted by molar-refractivity contribution is 5.70. The molecule has 1 atom stereocenters. The Morgan fingerprint density at radius 1 is 1.03 bits per heavy atom. The van der Waals surface area contributed by atoms with E-state index in [0.29, 0.717) is 18.9 Å². The molecule has 0 amide bonds.